The number of nitrogens with one attached hydrogen (secondary N) is 1. The van der Waals surface area contributed by atoms with Crippen molar-refractivity contribution >= 4 is 45.7 Å². The first-order valence-corrected chi connectivity index (χ1v) is 9.86. The van der Waals surface area contributed by atoms with Crippen molar-refractivity contribution in [3.05, 3.63) is 46.2 Å². The van der Waals surface area contributed by atoms with Crippen molar-refractivity contribution in [1.82, 2.24) is 19.7 Å². The molecule has 26 heavy (non-hydrogen) atoms. The molecule has 3 rings (SSSR count). The van der Waals surface area contributed by atoms with Crippen molar-refractivity contribution in [3.8, 4) is 5.75 Å². The van der Waals surface area contributed by atoms with E-state index in [-0.39, 0.29) is 18.3 Å². The standard InChI is InChI=1S/C16H16ClN5O2S2/c1-10-3-4-11(17)12(7-10)24-8-13-20-21-16(22(13)2)26-9-14(23)19-15-18-5-6-25-15/h3-7H,8-9H2,1-2H3,(H,18,19,23). The highest BCUT2D eigenvalue weighted by atomic mass is 35.5. The highest BCUT2D eigenvalue weighted by Crippen LogP contribution is 2.26. The van der Waals surface area contributed by atoms with E-state index >= 15 is 0 Å². The molecule has 0 fully saturated rings. The number of amides is 1. The second-order valence-corrected chi connectivity index (χ2v) is 7.60. The summed E-state index contributed by atoms with van der Waals surface area (Å²) in [6.07, 6.45) is 1.64. The lowest BCUT2D eigenvalue weighted by Crippen LogP contribution is -2.14. The summed E-state index contributed by atoms with van der Waals surface area (Å²) in [5.41, 5.74) is 1.06. The van der Waals surface area contributed by atoms with Crippen LogP contribution in [-0.2, 0) is 18.4 Å². The minimum absolute atomic E-state index is 0.141. The molecule has 7 nitrogen and oxygen atoms in total. The van der Waals surface area contributed by atoms with Crippen LogP contribution in [0.3, 0.4) is 0 Å². The van der Waals surface area contributed by atoms with E-state index in [4.69, 9.17) is 16.3 Å². The topological polar surface area (TPSA) is 81.9 Å². The molecule has 0 aliphatic carbocycles. The zero-order chi connectivity index (χ0) is 18.5. The summed E-state index contributed by atoms with van der Waals surface area (Å²) >= 11 is 8.80. The third-order valence-electron chi connectivity index (χ3n) is 3.38. The quantitative estimate of drug-likeness (QED) is 0.601. The number of rotatable bonds is 7. The molecule has 0 saturated carbocycles. The van der Waals surface area contributed by atoms with Crippen molar-refractivity contribution in [3.63, 3.8) is 0 Å². The Morgan fingerprint density at radius 3 is 3.04 bits per heavy atom. The summed E-state index contributed by atoms with van der Waals surface area (Å²) in [5.74, 6) is 1.32. The Bertz CT molecular complexity index is 898. The second kappa shape index (κ2) is 8.52. The van der Waals surface area contributed by atoms with Crippen LogP contribution in [0.5, 0.6) is 5.75 Å². The van der Waals surface area contributed by atoms with Gasteiger partial charge in [-0.1, -0.05) is 29.4 Å². The number of anilines is 1. The Hall–Kier alpha value is -2.10. The van der Waals surface area contributed by atoms with Crippen molar-refractivity contribution < 1.29 is 9.53 Å². The number of carbonyl (C=O) groups excluding carboxylic acids is 1. The van der Waals surface area contributed by atoms with E-state index < -0.39 is 0 Å². The summed E-state index contributed by atoms with van der Waals surface area (Å²) in [4.78, 5) is 15.9. The molecule has 0 aliphatic rings. The summed E-state index contributed by atoms with van der Waals surface area (Å²) in [5, 5.41) is 14.5. The maximum Gasteiger partial charge on any atom is 0.236 e. The largest absolute Gasteiger partial charge is 0.484 e. The number of aromatic nitrogens is 4. The van der Waals surface area contributed by atoms with Crippen molar-refractivity contribution in [2.75, 3.05) is 11.1 Å². The molecule has 136 valence electrons. The molecule has 1 amide bonds. The van der Waals surface area contributed by atoms with Crippen LogP contribution in [0.2, 0.25) is 5.02 Å². The van der Waals surface area contributed by atoms with Crippen LogP contribution in [0, 0.1) is 6.92 Å². The van der Waals surface area contributed by atoms with E-state index in [1.807, 2.05) is 26.1 Å². The van der Waals surface area contributed by atoms with Crippen LogP contribution in [0.25, 0.3) is 0 Å². The highest BCUT2D eigenvalue weighted by Gasteiger charge is 2.13. The van der Waals surface area contributed by atoms with Crippen LogP contribution in [0.1, 0.15) is 11.4 Å². The monoisotopic (exact) mass is 409 g/mol. The minimum Gasteiger partial charge on any atom is -0.484 e. The molecule has 10 heteroatoms. The molecule has 0 spiro atoms. The Balaban J connectivity index is 1.55. The number of halogens is 1. The van der Waals surface area contributed by atoms with Gasteiger partial charge in [-0.3, -0.25) is 4.79 Å². The smallest absolute Gasteiger partial charge is 0.236 e. The number of hydrogen-bond donors (Lipinski definition) is 1. The molecule has 0 saturated heterocycles. The Morgan fingerprint density at radius 2 is 2.27 bits per heavy atom. The number of hydrogen-bond acceptors (Lipinski definition) is 7. The molecule has 3 aromatic rings. The van der Waals surface area contributed by atoms with E-state index in [9.17, 15) is 4.79 Å². The van der Waals surface area contributed by atoms with Gasteiger partial charge in [0, 0.05) is 18.6 Å². The predicted octanol–water partition coefficient (Wildman–Crippen LogP) is 3.54. The number of thioether (sulfide) groups is 1. The van der Waals surface area contributed by atoms with Gasteiger partial charge in [-0.05, 0) is 24.6 Å². The highest BCUT2D eigenvalue weighted by molar-refractivity contribution is 7.99. The first-order chi connectivity index (χ1) is 12.5. The van der Waals surface area contributed by atoms with Crippen LogP contribution >= 0.6 is 34.7 Å². The van der Waals surface area contributed by atoms with Gasteiger partial charge >= 0.3 is 0 Å². The second-order valence-electron chi connectivity index (χ2n) is 5.35. The molecule has 1 N–H and O–H groups in total. The summed E-state index contributed by atoms with van der Waals surface area (Å²) < 4.78 is 7.54. The van der Waals surface area contributed by atoms with Gasteiger partial charge in [0.1, 0.15) is 12.4 Å². The van der Waals surface area contributed by atoms with Crippen molar-refractivity contribution in [1.29, 1.82) is 0 Å². The fourth-order valence-corrected chi connectivity index (χ4v) is 3.48. The third kappa shape index (κ3) is 4.75. The maximum absolute atomic E-state index is 11.9. The SMILES string of the molecule is Cc1ccc(Cl)c(OCc2nnc(SCC(=O)Nc3nccs3)n2C)c1. The summed E-state index contributed by atoms with van der Waals surface area (Å²) in [7, 11) is 1.83. The van der Waals surface area contributed by atoms with Gasteiger partial charge in [0.15, 0.2) is 16.1 Å². The van der Waals surface area contributed by atoms with Crippen molar-refractivity contribution in [2.45, 2.75) is 18.7 Å². The van der Waals surface area contributed by atoms with Gasteiger partial charge in [-0.2, -0.15) is 0 Å². The van der Waals surface area contributed by atoms with Gasteiger partial charge in [0.2, 0.25) is 5.91 Å². The van der Waals surface area contributed by atoms with Crippen LogP contribution < -0.4 is 10.1 Å². The number of nitrogens with zero attached hydrogens (tertiary/aromatic N) is 4. The number of aryl methyl sites for hydroxylation is 1. The van der Waals surface area contributed by atoms with Crippen LogP contribution in [0.4, 0.5) is 5.13 Å². The van der Waals surface area contributed by atoms with Crippen LogP contribution in [-0.4, -0.2) is 31.4 Å². The Labute approximate surface area is 163 Å². The normalized spacial score (nSPS) is 10.7. The Kier molecular flexibility index (Phi) is 6.12. The summed E-state index contributed by atoms with van der Waals surface area (Å²) in [6.45, 7) is 2.20. The minimum atomic E-state index is -0.141. The number of carbonyl (C=O) groups is 1. The predicted molar refractivity (Wildman–Crippen MR) is 103 cm³/mol. The third-order valence-corrected chi connectivity index (χ3v) is 5.40. The molecule has 0 aliphatic heterocycles. The zero-order valence-corrected chi connectivity index (χ0v) is 16.5. The van der Waals surface area contributed by atoms with Crippen LogP contribution in [0.15, 0.2) is 34.9 Å². The molecule has 1 aromatic carbocycles. The summed E-state index contributed by atoms with van der Waals surface area (Å²) in [6, 6.07) is 5.59. The average molecular weight is 410 g/mol. The van der Waals surface area contributed by atoms with Gasteiger partial charge in [0.05, 0.1) is 10.8 Å². The first kappa shape index (κ1) is 18.7. The van der Waals surface area contributed by atoms with Gasteiger partial charge < -0.3 is 14.6 Å². The zero-order valence-electron chi connectivity index (χ0n) is 14.1. The molecule has 2 aromatic heterocycles. The van der Waals surface area contributed by atoms with E-state index in [0.717, 1.165) is 5.56 Å². The van der Waals surface area contributed by atoms with Gasteiger partial charge in [0.25, 0.3) is 0 Å². The van der Waals surface area contributed by atoms with Gasteiger partial charge in [-0.25, -0.2) is 4.98 Å². The van der Waals surface area contributed by atoms with E-state index in [2.05, 4.69) is 20.5 Å². The molecule has 0 bridgehead atoms. The number of benzene rings is 1. The molecular weight excluding hydrogens is 394 g/mol. The van der Waals surface area contributed by atoms with E-state index in [0.29, 0.717) is 26.9 Å². The molecular formula is C16H16ClN5O2S2. The fraction of sp³-hybridized carbons (Fsp3) is 0.250. The molecule has 0 radical (unpaired) electrons. The lowest BCUT2D eigenvalue weighted by atomic mass is 10.2. The lowest BCUT2D eigenvalue weighted by Gasteiger charge is -2.09. The van der Waals surface area contributed by atoms with Gasteiger partial charge in [-0.15, -0.1) is 21.5 Å². The molecule has 2 heterocycles. The molecule has 0 atom stereocenters. The first-order valence-electron chi connectivity index (χ1n) is 7.62. The Morgan fingerprint density at radius 1 is 1.42 bits per heavy atom. The van der Waals surface area contributed by atoms with E-state index in [1.54, 1.807) is 22.2 Å². The van der Waals surface area contributed by atoms with E-state index in [1.165, 1.54) is 23.1 Å². The average Bonchev–Trinajstić information content (AvgIpc) is 3.24. The fourth-order valence-electron chi connectivity index (χ4n) is 2.03. The maximum atomic E-state index is 11.9. The number of ether oxygens (including phenoxy) is 1. The number of thiazole rings is 1. The molecule has 0 unspecified atom stereocenters. The lowest BCUT2D eigenvalue weighted by molar-refractivity contribution is -0.113. The van der Waals surface area contributed by atoms with Crippen molar-refractivity contribution in [2.24, 2.45) is 7.05 Å².